The summed E-state index contributed by atoms with van der Waals surface area (Å²) in [6.07, 6.45) is 5.15. The minimum absolute atomic E-state index is 0.0964. The Labute approximate surface area is 188 Å². The van der Waals surface area contributed by atoms with E-state index in [1.165, 1.54) is 16.7 Å². The number of carbonyl (C=O) groups excluding carboxylic acids is 1. The highest BCUT2D eigenvalue weighted by Crippen LogP contribution is 2.48. The van der Waals surface area contributed by atoms with E-state index in [4.69, 9.17) is 0 Å². The first-order chi connectivity index (χ1) is 15.7. The van der Waals surface area contributed by atoms with Gasteiger partial charge in [-0.2, -0.15) is 0 Å². The summed E-state index contributed by atoms with van der Waals surface area (Å²) in [5.41, 5.74) is 5.69. The molecule has 2 unspecified atom stereocenters. The molecule has 2 atom stereocenters. The number of hydrogen-bond donors (Lipinski definition) is 1. The summed E-state index contributed by atoms with van der Waals surface area (Å²) in [5.74, 6) is -0.197. The topological polar surface area (TPSA) is 52.2 Å². The highest BCUT2D eigenvalue weighted by atomic mass is 16.3. The Morgan fingerprint density at radius 3 is 2.06 bits per heavy atom. The van der Waals surface area contributed by atoms with Gasteiger partial charge in [-0.05, 0) is 59.1 Å². The van der Waals surface area contributed by atoms with Crippen LogP contribution in [0.15, 0.2) is 120 Å². The van der Waals surface area contributed by atoms with Crippen molar-refractivity contribution in [3.05, 3.63) is 131 Å². The average molecular weight is 419 g/mol. The van der Waals surface area contributed by atoms with Gasteiger partial charge in [0, 0.05) is 11.3 Å². The SMILES string of the molecule is O=C(Nc1ccccc1)C1=C([O-])C=C2C=C(c3ccccc3)CC(c3ccccc3)C2C1. The third-order valence-electron chi connectivity index (χ3n) is 6.39. The van der Waals surface area contributed by atoms with Crippen molar-refractivity contribution in [3.63, 3.8) is 0 Å². The fourth-order valence-corrected chi connectivity index (χ4v) is 4.78. The van der Waals surface area contributed by atoms with Gasteiger partial charge in [0.1, 0.15) is 0 Å². The number of nitrogens with one attached hydrogen (secondary N) is 1. The molecular formula is C29H24NO2-. The fraction of sp³-hybridized carbons (Fsp3) is 0.138. The van der Waals surface area contributed by atoms with Gasteiger partial charge in [-0.25, -0.2) is 0 Å². The normalized spacial score (nSPS) is 20.1. The molecule has 0 aliphatic heterocycles. The second-order valence-corrected chi connectivity index (χ2v) is 8.37. The van der Waals surface area contributed by atoms with E-state index in [1.807, 2.05) is 54.6 Å². The Bertz CT molecular complexity index is 1210. The van der Waals surface area contributed by atoms with Gasteiger partial charge < -0.3 is 10.4 Å². The predicted octanol–water partition coefficient (Wildman–Crippen LogP) is 5.46. The summed E-state index contributed by atoms with van der Waals surface area (Å²) >= 11 is 0. The van der Waals surface area contributed by atoms with E-state index in [2.05, 4.69) is 47.8 Å². The van der Waals surface area contributed by atoms with Gasteiger partial charge in [-0.15, -0.1) is 0 Å². The Kier molecular flexibility index (Phi) is 5.47. The van der Waals surface area contributed by atoms with E-state index < -0.39 is 0 Å². The lowest BCUT2D eigenvalue weighted by molar-refractivity contribution is -0.297. The van der Waals surface area contributed by atoms with Gasteiger partial charge in [0.05, 0.1) is 0 Å². The molecule has 1 N–H and O–H groups in total. The maximum absolute atomic E-state index is 13.0. The molecule has 1 amide bonds. The maximum atomic E-state index is 13.0. The number of fused-ring (bicyclic) bond motifs is 1. The molecule has 0 fully saturated rings. The van der Waals surface area contributed by atoms with Gasteiger partial charge in [-0.3, -0.25) is 4.79 Å². The molecule has 3 aromatic rings. The summed E-state index contributed by atoms with van der Waals surface area (Å²) in [5, 5.41) is 15.8. The number of carbonyl (C=O) groups is 1. The lowest BCUT2D eigenvalue weighted by Gasteiger charge is -2.38. The van der Waals surface area contributed by atoms with Crippen LogP contribution in [0.5, 0.6) is 0 Å². The van der Waals surface area contributed by atoms with Crippen LogP contribution in [-0.4, -0.2) is 5.91 Å². The van der Waals surface area contributed by atoms with Crippen molar-refractivity contribution in [1.82, 2.24) is 0 Å². The largest absolute Gasteiger partial charge is 0.872 e. The molecule has 0 saturated carbocycles. The highest BCUT2D eigenvalue weighted by molar-refractivity contribution is 6.04. The van der Waals surface area contributed by atoms with E-state index in [0.717, 1.165) is 12.0 Å². The lowest BCUT2D eigenvalue weighted by Crippen LogP contribution is -2.29. The van der Waals surface area contributed by atoms with Gasteiger partial charge in [0.15, 0.2) is 0 Å². The predicted molar refractivity (Wildman–Crippen MR) is 127 cm³/mol. The number of amides is 1. The number of benzene rings is 3. The molecule has 0 spiro atoms. The van der Waals surface area contributed by atoms with Crippen molar-refractivity contribution >= 4 is 17.2 Å². The summed E-state index contributed by atoms with van der Waals surface area (Å²) < 4.78 is 0. The molecule has 5 rings (SSSR count). The summed E-state index contributed by atoms with van der Waals surface area (Å²) in [6, 6.07) is 30.0. The van der Waals surface area contributed by atoms with Crippen molar-refractivity contribution in [1.29, 1.82) is 0 Å². The molecule has 3 nitrogen and oxygen atoms in total. The van der Waals surface area contributed by atoms with Crippen LogP contribution in [0.2, 0.25) is 0 Å². The quantitative estimate of drug-likeness (QED) is 0.612. The zero-order valence-corrected chi connectivity index (χ0v) is 17.7. The first kappa shape index (κ1) is 20.1. The molecule has 0 heterocycles. The maximum Gasteiger partial charge on any atom is 0.250 e. The minimum atomic E-state index is -0.304. The Balaban J connectivity index is 1.53. The zero-order valence-electron chi connectivity index (χ0n) is 17.7. The molecular weight excluding hydrogens is 394 g/mol. The minimum Gasteiger partial charge on any atom is -0.872 e. The van der Waals surface area contributed by atoms with E-state index in [9.17, 15) is 9.90 Å². The smallest absolute Gasteiger partial charge is 0.250 e. The van der Waals surface area contributed by atoms with Crippen molar-refractivity contribution in [2.75, 3.05) is 5.32 Å². The summed E-state index contributed by atoms with van der Waals surface area (Å²) in [4.78, 5) is 13.0. The van der Waals surface area contributed by atoms with E-state index in [-0.39, 0.29) is 23.5 Å². The van der Waals surface area contributed by atoms with E-state index in [1.54, 1.807) is 6.08 Å². The number of rotatable bonds is 4. The number of anilines is 1. The second kappa shape index (κ2) is 8.72. The van der Waals surface area contributed by atoms with Crippen molar-refractivity contribution in [2.24, 2.45) is 5.92 Å². The number of para-hydroxylation sites is 1. The summed E-state index contributed by atoms with van der Waals surface area (Å²) in [6.45, 7) is 0. The second-order valence-electron chi connectivity index (χ2n) is 8.37. The van der Waals surface area contributed by atoms with Crippen LogP contribution in [0, 0.1) is 5.92 Å². The standard InChI is InChI=1S/C29H25NO2/c31-28-18-23-16-22(20-10-4-1-5-11-20)17-25(21-12-6-2-7-13-21)26(23)19-27(28)29(32)30-24-14-8-3-9-15-24/h1-16,18,25-26,31H,17,19H2,(H,30,32)/p-1. The van der Waals surface area contributed by atoms with Gasteiger partial charge >= 0.3 is 0 Å². The van der Waals surface area contributed by atoms with Crippen LogP contribution < -0.4 is 10.4 Å². The molecule has 0 saturated heterocycles. The average Bonchev–Trinajstić information content (AvgIpc) is 2.84. The molecule has 3 aromatic carbocycles. The van der Waals surface area contributed by atoms with Crippen molar-refractivity contribution < 1.29 is 9.90 Å². The lowest BCUT2D eigenvalue weighted by atomic mass is 9.68. The van der Waals surface area contributed by atoms with E-state index in [0.29, 0.717) is 17.7 Å². The van der Waals surface area contributed by atoms with Crippen molar-refractivity contribution in [2.45, 2.75) is 18.8 Å². The Hall–Kier alpha value is -3.85. The molecule has 158 valence electrons. The van der Waals surface area contributed by atoms with Gasteiger partial charge in [0.2, 0.25) is 0 Å². The monoisotopic (exact) mass is 418 g/mol. The van der Waals surface area contributed by atoms with Gasteiger partial charge in [0.25, 0.3) is 5.91 Å². The van der Waals surface area contributed by atoms with Crippen LogP contribution >= 0.6 is 0 Å². The zero-order chi connectivity index (χ0) is 21.9. The molecule has 2 aliphatic rings. The van der Waals surface area contributed by atoms with Crippen molar-refractivity contribution in [3.8, 4) is 0 Å². The molecule has 0 radical (unpaired) electrons. The summed E-state index contributed by atoms with van der Waals surface area (Å²) in [7, 11) is 0. The number of hydrogen-bond acceptors (Lipinski definition) is 2. The third-order valence-corrected chi connectivity index (χ3v) is 6.39. The first-order valence-corrected chi connectivity index (χ1v) is 11.0. The molecule has 2 aliphatic carbocycles. The van der Waals surface area contributed by atoms with Crippen LogP contribution in [0.4, 0.5) is 5.69 Å². The highest BCUT2D eigenvalue weighted by Gasteiger charge is 2.34. The van der Waals surface area contributed by atoms with Crippen LogP contribution in [0.1, 0.15) is 29.9 Å². The van der Waals surface area contributed by atoms with Crippen LogP contribution in [-0.2, 0) is 4.79 Å². The van der Waals surface area contributed by atoms with E-state index >= 15 is 0 Å². The van der Waals surface area contributed by atoms with Gasteiger partial charge in [-0.1, -0.05) is 96.8 Å². The Morgan fingerprint density at radius 1 is 0.750 bits per heavy atom. The van der Waals surface area contributed by atoms with Crippen LogP contribution in [0.3, 0.4) is 0 Å². The first-order valence-electron chi connectivity index (χ1n) is 11.0. The third kappa shape index (κ3) is 4.02. The molecule has 0 aromatic heterocycles. The molecule has 0 bridgehead atoms. The fourth-order valence-electron chi connectivity index (χ4n) is 4.78. The van der Waals surface area contributed by atoms with Crippen LogP contribution in [0.25, 0.3) is 5.57 Å². The molecule has 3 heteroatoms. The molecule has 32 heavy (non-hydrogen) atoms. The number of allylic oxidation sites excluding steroid dienone is 4. The Morgan fingerprint density at radius 2 is 1.38 bits per heavy atom.